The van der Waals surface area contributed by atoms with Crippen LogP contribution < -0.4 is 0 Å². The standard InChI is InChI=1S/C24H20N2O3S/c27-22(25(18-9-10-18)15-19-7-4-12-30-19)17-8-11-20-21(13-17)24(29)26(23(20)28)14-16-5-2-1-3-6-16/h1-8,11-13,18H,9-10,14-15H2. The molecule has 0 N–H and O–H groups in total. The Morgan fingerprint density at radius 3 is 2.43 bits per heavy atom. The summed E-state index contributed by atoms with van der Waals surface area (Å²) in [6, 6.07) is 18.6. The van der Waals surface area contributed by atoms with Crippen LogP contribution in [0.3, 0.4) is 0 Å². The maximum absolute atomic E-state index is 13.2. The van der Waals surface area contributed by atoms with Gasteiger partial charge in [0.25, 0.3) is 17.7 Å². The van der Waals surface area contributed by atoms with Crippen molar-refractivity contribution in [2.45, 2.75) is 32.0 Å². The Bertz CT molecular complexity index is 1120. The highest BCUT2D eigenvalue weighted by Crippen LogP contribution is 2.32. The van der Waals surface area contributed by atoms with Crippen LogP contribution in [0.4, 0.5) is 0 Å². The van der Waals surface area contributed by atoms with Crippen LogP contribution >= 0.6 is 11.3 Å². The van der Waals surface area contributed by atoms with Crippen LogP contribution in [0.5, 0.6) is 0 Å². The van der Waals surface area contributed by atoms with Gasteiger partial charge in [-0.2, -0.15) is 0 Å². The zero-order valence-corrected chi connectivity index (χ0v) is 17.1. The summed E-state index contributed by atoms with van der Waals surface area (Å²) in [6.07, 6.45) is 2.01. The topological polar surface area (TPSA) is 57.7 Å². The molecule has 2 aromatic carbocycles. The largest absolute Gasteiger partial charge is 0.331 e. The van der Waals surface area contributed by atoms with Gasteiger partial charge in [-0.25, -0.2) is 0 Å². The molecule has 0 unspecified atom stereocenters. The summed E-state index contributed by atoms with van der Waals surface area (Å²) in [5, 5.41) is 2.01. The highest BCUT2D eigenvalue weighted by atomic mass is 32.1. The van der Waals surface area contributed by atoms with Gasteiger partial charge in [-0.15, -0.1) is 11.3 Å². The first-order valence-corrected chi connectivity index (χ1v) is 10.9. The van der Waals surface area contributed by atoms with Crippen LogP contribution in [-0.4, -0.2) is 33.6 Å². The van der Waals surface area contributed by atoms with E-state index in [0.29, 0.717) is 23.2 Å². The Kier molecular flexibility index (Phi) is 4.71. The lowest BCUT2D eigenvalue weighted by molar-refractivity contribution is 0.0641. The Balaban J connectivity index is 1.40. The van der Waals surface area contributed by atoms with Gasteiger partial charge in [-0.3, -0.25) is 19.3 Å². The van der Waals surface area contributed by atoms with Crippen molar-refractivity contribution in [2.24, 2.45) is 0 Å². The fourth-order valence-electron chi connectivity index (χ4n) is 3.82. The molecule has 0 spiro atoms. The van der Waals surface area contributed by atoms with Crippen molar-refractivity contribution >= 4 is 29.1 Å². The number of hydrogen-bond donors (Lipinski definition) is 0. The van der Waals surface area contributed by atoms with Gasteiger partial charge in [0.2, 0.25) is 0 Å². The molecule has 1 aromatic heterocycles. The number of nitrogens with zero attached hydrogens (tertiary/aromatic N) is 2. The molecule has 1 saturated carbocycles. The highest BCUT2D eigenvalue weighted by Gasteiger charge is 2.38. The molecule has 0 saturated heterocycles. The van der Waals surface area contributed by atoms with Gasteiger partial charge in [-0.05, 0) is 48.1 Å². The van der Waals surface area contributed by atoms with E-state index in [-0.39, 0.29) is 30.3 Å². The second-order valence-electron chi connectivity index (χ2n) is 7.69. The molecule has 0 radical (unpaired) electrons. The van der Waals surface area contributed by atoms with Crippen LogP contribution in [0.2, 0.25) is 0 Å². The van der Waals surface area contributed by atoms with E-state index in [0.717, 1.165) is 23.3 Å². The maximum Gasteiger partial charge on any atom is 0.261 e. The third kappa shape index (κ3) is 3.44. The second-order valence-corrected chi connectivity index (χ2v) is 8.72. The quantitative estimate of drug-likeness (QED) is 0.562. The zero-order valence-electron chi connectivity index (χ0n) is 16.3. The number of amides is 3. The van der Waals surface area contributed by atoms with E-state index in [4.69, 9.17) is 0 Å². The van der Waals surface area contributed by atoms with Crippen molar-refractivity contribution in [1.82, 2.24) is 9.80 Å². The number of benzene rings is 2. The number of fused-ring (bicyclic) bond motifs is 1. The van der Waals surface area contributed by atoms with Crippen molar-refractivity contribution in [1.29, 1.82) is 0 Å². The lowest BCUT2D eigenvalue weighted by Crippen LogP contribution is -2.32. The number of hydrogen-bond acceptors (Lipinski definition) is 4. The fourth-order valence-corrected chi connectivity index (χ4v) is 4.53. The van der Waals surface area contributed by atoms with Gasteiger partial charge in [0, 0.05) is 16.5 Å². The third-order valence-electron chi connectivity index (χ3n) is 5.56. The first kappa shape index (κ1) is 18.8. The lowest BCUT2D eigenvalue weighted by atomic mass is 10.0. The van der Waals surface area contributed by atoms with Crippen LogP contribution in [0.15, 0.2) is 66.0 Å². The summed E-state index contributed by atoms with van der Waals surface area (Å²) in [6.45, 7) is 0.800. The van der Waals surface area contributed by atoms with E-state index in [1.165, 1.54) is 4.90 Å². The number of carbonyl (C=O) groups is 3. The van der Waals surface area contributed by atoms with E-state index in [1.807, 2.05) is 52.7 Å². The van der Waals surface area contributed by atoms with Gasteiger partial charge in [0.1, 0.15) is 0 Å². The molecule has 2 heterocycles. The van der Waals surface area contributed by atoms with E-state index in [1.54, 1.807) is 29.5 Å². The van der Waals surface area contributed by atoms with Crippen molar-refractivity contribution in [3.05, 3.63) is 93.2 Å². The smallest absolute Gasteiger partial charge is 0.261 e. The van der Waals surface area contributed by atoms with Gasteiger partial charge >= 0.3 is 0 Å². The molecule has 1 aliphatic heterocycles. The Labute approximate surface area is 178 Å². The summed E-state index contributed by atoms with van der Waals surface area (Å²) in [4.78, 5) is 43.2. The second kappa shape index (κ2) is 7.54. The van der Waals surface area contributed by atoms with Crippen LogP contribution in [-0.2, 0) is 13.1 Å². The third-order valence-corrected chi connectivity index (χ3v) is 6.42. The fraction of sp³-hybridized carbons (Fsp3) is 0.208. The number of thiophene rings is 1. The summed E-state index contributed by atoms with van der Waals surface area (Å²) < 4.78 is 0. The summed E-state index contributed by atoms with van der Waals surface area (Å²) in [7, 11) is 0. The molecule has 30 heavy (non-hydrogen) atoms. The molecule has 3 aromatic rings. The highest BCUT2D eigenvalue weighted by molar-refractivity contribution is 7.09. The molecular formula is C24H20N2O3S. The molecule has 150 valence electrons. The summed E-state index contributed by atoms with van der Waals surface area (Å²) >= 11 is 1.63. The van der Waals surface area contributed by atoms with Gasteiger partial charge in [-0.1, -0.05) is 36.4 Å². The number of imide groups is 1. The predicted octanol–water partition coefficient (Wildman–Crippen LogP) is 4.35. The number of rotatable bonds is 6. The van der Waals surface area contributed by atoms with Gasteiger partial charge < -0.3 is 4.90 Å². The Hall–Kier alpha value is -3.25. The van der Waals surface area contributed by atoms with Crippen molar-refractivity contribution in [3.8, 4) is 0 Å². The molecule has 2 aliphatic rings. The average molecular weight is 417 g/mol. The molecule has 0 bridgehead atoms. The monoisotopic (exact) mass is 416 g/mol. The number of carbonyl (C=O) groups excluding carboxylic acids is 3. The van der Waals surface area contributed by atoms with Gasteiger partial charge in [0.15, 0.2) is 0 Å². The van der Waals surface area contributed by atoms with Crippen LogP contribution in [0.25, 0.3) is 0 Å². The van der Waals surface area contributed by atoms with Crippen molar-refractivity contribution < 1.29 is 14.4 Å². The van der Waals surface area contributed by atoms with Gasteiger partial charge in [0.05, 0.1) is 24.2 Å². The Morgan fingerprint density at radius 1 is 0.967 bits per heavy atom. The Morgan fingerprint density at radius 2 is 1.73 bits per heavy atom. The maximum atomic E-state index is 13.2. The summed E-state index contributed by atoms with van der Waals surface area (Å²) in [5.41, 5.74) is 2.02. The van der Waals surface area contributed by atoms with Crippen LogP contribution in [0, 0.1) is 0 Å². The minimum Gasteiger partial charge on any atom is -0.331 e. The molecule has 1 fully saturated rings. The molecule has 1 aliphatic carbocycles. The first-order chi connectivity index (χ1) is 14.6. The van der Waals surface area contributed by atoms with E-state index >= 15 is 0 Å². The van der Waals surface area contributed by atoms with Crippen LogP contribution in [0.1, 0.15) is 54.4 Å². The average Bonchev–Trinajstić information content (AvgIpc) is 3.44. The molecule has 5 nitrogen and oxygen atoms in total. The normalized spacial score (nSPS) is 15.4. The minimum atomic E-state index is -0.343. The molecule has 6 heteroatoms. The molecule has 5 rings (SSSR count). The first-order valence-electron chi connectivity index (χ1n) is 9.99. The van der Waals surface area contributed by atoms with E-state index in [2.05, 4.69) is 0 Å². The zero-order chi connectivity index (χ0) is 20.7. The van der Waals surface area contributed by atoms with E-state index < -0.39 is 0 Å². The molecule has 0 atom stereocenters. The minimum absolute atomic E-state index is 0.0875. The molecular weight excluding hydrogens is 396 g/mol. The summed E-state index contributed by atoms with van der Waals surface area (Å²) in [5.74, 6) is -0.740. The van der Waals surface area contributed by atoms with Crippen molar-refractivity contribution in [2.75, 3.05) is 0 Å². The SMILES string of the molecule is O=C1c2ccc(C(=O)N(Cc3cccs3)C3CC3)cc2C(=O)N1Cc1ccccc1. The predicted molar refractivity (Wildman–Crippen MR) is 114 cm³/mol. The van der Waals surface area contributed by atoms with E-state index in [9.17, 15) is 14.4 Å². The lowest BCUT2D eigenvalue weighted by Gasteiger charge is -2.22. The molecule has 3 amide bonds. The van der Waals surface area contributed by atoms with Crippen molar-refractivity contribution in [3.63, 3.8) is 0 Å².